The molecule has 5 nitrogen and oxygen atoms in total. The average molecular weight is 258 g/mol. The van der Waals surface area contributed by atoms with E-state index in [4.69, 9.17) is 4.74 Å². The van der Waals surface area contributed by atoms with Crippen molar-refractivity contribution < 1.29 is 14.6 Å². The van der Waals surface area contributed by atoms with Crippen LogP contribution < -0.4 is 5.32 Å². The van der Waals surface area contributed by atoms with Gasteiger partial charge in [-0.25, -0.2) is 0 Å². The fraction of sp³-hybridized carbons (Fsp3) is 0.923. The standard InChI is InChI=1S/C13H26N2O3/c1-4-14-13(2,12(16)17)7-8-15(3)10-11-6-5-9-18-11/h11,14H,4-10H2,1-3H3,(H,16,17). The first-order valence-electron chi connectivity index (χ1n) is 6.76. The monoisotopic (exact) mass is 258 g/mol. The number of nitrogens with one attached hydrogen (secondary N) is 1. The van der Waals surface area contributed by atoms with Crippen LogP contribution in [-0.4, -0.2) is 60.9 Å². The molecule has 0 aromatic rings. The zero-order valence-corrected chi connectivity index (χ0v) is 11.7. The van der Waals surface area contributed by atoms with Crippen molar-refractivity contribution in [1.82, 2.24) is 10.2 Å². The molecule has 0 radical (unpaired) electrons. The van der Waals surface area contributed by atoms with Crippen LogP contribution in [0.4, 0.5) is 0 Å². The predicted octanol–water partition coefficient (Wildman–Crippen LogP) is 0.940. The summed E-state index contributed by atoms with van der Waals surface area (Å²) in [5, 5.41) is 12.3. The molecular weight excluding hydrogens is 232 g/mol. The van der Waals surface area contributed by atoms with Crippen molar-refractivity contribution in [3.63, 3.8) is 0 Å². The maximum absolute atomic E-state index is 11.3. The zero-order chi connectivity index (χ0) is 13.6. The molecule has 1 saturated heterocycles. The molecule has 2 unspecified atom stereocenters. The summed E-state index contributed by atoms with van der Waals surface area (Å²) in [5.74, 6) is -0.783. The highest BCUT2D eigenvalue weighted by atomic mass is 16.5. The van der Waals surface area contributed by atoms with Gasteiger partial charge in [-0.1, -0.05) is 6.92 Å². The van der Waals surface area contributed by atoms with Crippen LogP contribution in [0.15, 0.2) is 0 Å². The molecule has 1 heterocycles. The summed E-state index contributed by atoms with van der Waals surface area (Å²) in [6.07, 6.45) is 3.18. The second kappa shape index (κ2) is 7.07. The van der Waals surface area contributed by atoms with Crippen LogP contribution in [0.25, 0.3) is 0 Å². The number of rotatable bonds is 8. The lowest BCUT2D eigenvalue weighted by molar-refractivity contribution is -0.144. The Balaban J connectivity index is 2.34. The minimum atomic E-state index is -0.834. The number of aliphatic carboxylic acids is 1. The van der Waals surface area contributed by atoms with E-state index in [1.165, 1.54) is 0 Å². The van der Waals surface area contributed by atoms with E-state index in [1.54, 1.807) is 6.92 Å². The zero-order valence-electron chi connectivity index (χ0n) is 11.7. The normalized spacial score (nSPS) is 23.2. The summed E-state index contributed by atoms with van der Waals surface area (Å²) in [6, 6.07) is 0. The molecule has 0 bridgehead atoms. The number of hydrogen-bond donors (Lipinski definition) is 2. The van der Waals surface area contributed by atoms with Crippen molar-refractivity contribution in [3.05, 3.63) is 0 Å². The molecule has 1 aliphatic rings. The molecule has 1 aliphatic heterocycles. The fourth-order valence-corrected chi connectivity index (χ4v) is 2.30. The Kier molecular flexibility index (Phi) is 6.05. The Morgan fingerprint density at radius 3 is 2.83 bits per heavy atom. The lowest BCUT2D eigenvalue weighted by atomic mass is 9.97. The molecule has 0 saturated carbocycles. The van der Waals surface area contributed by atoms with Crippen molar-refractivity contribution in [2.75, 3.05) is 33.3 Å². The number of ether oxygens (including phenoxy) is 1. The van der Waals surface area contributed by atoms with Gasteiger partial charge < -0.3 is 20.1 Å². The van der Waals surface area contributed by atoms with Crippen molar-refractivity contribution in [3.8, 4) is 0 Å². The first-order valence-corrected chi connectivity index (χ1v) is 6.76. The van der Waals surface area contributed by atoms with E-state index in [1.807, 2.05) is 14.0 Å². The number of nitrogens with zero attached hydrogens (tertiary/aromatic N) is 1. The Morgan fingerprint density at radius 2 is 2.33 bits per heavy atom. The minimum absolute atomic E-state index is 0.324. The minimum Gasteiger partial charge on any atom is -0.480 e. The van der Waals surface area contributed by atoms with Crippen molar-refractivity contribution in [2.24, 2.45) is 0 Å². The van der Waals surface area contributed by atoms with Gasteiger partial charge in [-0.05, 0) is 39.8 Å². The van der Waals surface area contributed by atoms with Gasteiger partial charge in [0.2, 0.25) is 0 Å². The van der Waals surface area contributed by atoms with Crippen LogP contribution in [0.2, 0.25) is 0 Å². The number of hydrogen-bond acceptors (Lipinski definition) is 4. The van der Waals surface area contributed by atoms with Gasteiger partial charge in [-0.2, -0.15) is 0 Å². The second-order valence-corrected chi connectivity index (χ2v) is 5.31. The summed E-state index contributed by atoms with van der Waals surface area (Å²) in [4.78, 5) is 13.4. The maximum atomic E-state index is 11.3. The third-order valence-corrected chi connectivity index (χ3v) is 3.57. The molecule has 2 atom stereocenters. The molecule has 0 aliphatic carbocycles. The van der Waals surface area contributed by atoms with E-state index in [2.05, 4.69) is 10.2 Å². The van der Waals surface area contributed by atoms with E-state index >= 15 is 0 Å². The van der Waals surface area contributed by atoms with Crippen LogP contribution >= 0.6 is 0 Å². The molecule has 0 amide bonds. The lowest BCUT2D eigenvalue weighted by Gasteiger charge is -2.29. The molecule has 0 spiro atoms. The SMILES string of the molecule is CCNC(C)(CCN(C)CC1CCCO1)C(=O)O. The van der Waals surface area contributed by atoms with Crippen molar-refractivity contribution in [2.45, 2.75) is 44.8 Å². The molecule has 0 aromatic carbocycles. The van der Waals surface area contributed by atoms with Gasteiger partial charge in [0.05, 0.1) is 6.10 Å². The summed E-state index contributed by atoms with van der Waals surface area (Å²) < 4.78 is 5.58. The highest BCUT2D eigenvalue weighted by molar-refractivity contribution is 5.78. The number of carboxylic acids is 1. The van der Waals surface area contributed by atoms with Crippen molar-refractivity contribution in [1.29, 1.82) is 0 Å². The predicted molar refractivity (Wildman–Crippen MR) is 70.8 cm³/mol. The Bertz CT molecular complexity index is 267. The lowest BCUT2D eigenvalue weighted by Crippen LogP contribution is -2.51. The Hall–Kier alpha value is -0.650. The second-order valence-electron chi connectivity index (χ2n) is 5.31. The number of likely N-dealkylation sites (N-methyl/N-ethyl adjacent to an activating group) is 2. The van der Waals surface area contributed by atoms with Gasteiger partial charge in [0.15, 0.2) is 0 Å². The van der Waals surface area contributed by atoms with E-state index < -0.39 is 11.5 Å². The molecule has 2 N–H and O–H groups in total. The van der Waals surface area contributed by atoms with Crippen LogP contribution in [0.1, 0.15) is 33.1 Å². The molecule has 1 rings (SSSR count). The maximum Gasteiger partial charge on any atom is 0.323 e. The number of carbonyl (C=O) groups is 1. The van der Waals surface area contributed by atoms with Gasteiger partial charge in [0.25, 0.3) is 0 Å². The fourth-order valence-electron chi connectivity index (χ4n) is 2.30. The first kappa shape index (κ1) is 15.4. The Labute approximate surface area is 109 Å². The van der Waals surface area contributed by atoms with Gasteiger partial charge >= 0.3 is 5.97 Å². The third kappa shape index (κ3) is 4.55. The summed E-state index contributed by atoms with van der Waals surface area (Å²) in [6.45, 7) is 6.86. The molecule has 5 heteroatoms. The van der Waals surface area contributed by atoms with Gasteiger partial charge in [-0.3, -0.25) is 4.79 Å². The Morgan fingerprint density at radius 1 is 1.61 bits per heavy atom. The smallest absolute Gasteiger partial charge is 0.323 e. The number of carboxylic acid groups (broad SMARTS) is 1. The first-order chi connectivity index (χ1) is 8.48. The van der Waals surface area contributed by atoms with Crippen LogP contribution in [-0.2, 0) is 9.53 Å². The van der Waals surface area contributed by atoms with Crippen LogP contribution in [0.3, 0.4) is 0 Å². The summed E-state index contributed by atoms with van der Waals surface area (Å²) in [7, 11) is 2.02. The van der Waals surface area contributed by atoms with E-state index in [-0.39, 0.29) is 0 Å². The van der Waals surface area contributed by atoms with Crippen LogP contribution in [0.5, 0.6) is 0 Å². The highest BCUT2D eigenvalue weighted by Crippen LogP contribution is 2.15. The topological polar surface area (TPSA) is 61.8 Å². The van der Waals surface area contributed by atoms with Gasteiger partial charge in [0, 0.05) is 19.7 Å². The van der Waals surface area contributed by atoms with Crippen molar-refractivity contribution >= 4 is 5.97 Å². The molecular formula is C13H26N2O3. The molecule has 106 valence electrons. The van der Waals surface area contributed by atoms with Gasteiger partial charge in [0.1, 0.15) is 5.54 Å². The van der Waals surface area contributed by atoms with Crippen LogP contribution in [0, 0.1) is 0 Å². The highest BCUT2D eigenvalue weighted by Gasteiger charge is 2.32. The van der Waals surface area contributed by atoms with Gasteiger partial charge in [-0.15, -0.1) is 0 Å². The summed E-state index contributed by atoms with van der Waals surface area (Å²) >= 11 is 0. The van der Waals surface area contributed by atoms with E-state index in [9.17, 15) is 9.90 Å². The quantitative estimate of drug-likeness (QED) is 0.678. The molecule has 1 fully saturated rings. The largest absolute Gasteiger partial charge is 0.480 e. The molecule has 0 aromatic heterocycles. The van der Waals surface area contributed by atoms with E-state index in [0.717, 1.165) is 32.5 Å². The molecule has 18 heavy (non-hydrogen) atoms. The average Bonchev–Trinajstić information content (AvgIpc) is 2.79. The summed E-state index contributed by atoms with van der Waals surface area (Å²) in [5.41, 5.74) is -0.834. The third-order valence-electron chi connectivity index (χ3n) is 3.57. The van der Waals surface area contributed by atoms with E-state index in [0.29, 0.717) is 19.1 Å².